The number of nitrogen functional groups attached to an aromatic ring is 1. The van der Waals surface area contributed by atoms with Crippen LogP contribution in [0.5, 0.6) is 0 Å². The van der Waals surface area contributed by atoms with E-state index in [1.54, 1.807) is 10.9 Å². The van der Waals surface area contributed by atoms with Gasteiger partial charge in [0.25, 0.3) is 0 Å². The topological polar surface area (TPSA) is 94.5 Å². The fourth-order valence-electron chi connectivity index (χ4n) is 1.31. The first-order valence-corrected chi connectivity index (χ1v) is 5.90. The van der Waals surface area contributed by atoms with Crippen molar-refractivity contribution >= 4 is 27.6 Å². The van der Waals surface area contributed by atoms with Crippen LogP contribution in [-0.4, -0.2) is 31.5 Å². The maximum Gasteiger partial charge on any atom is 0.145 e. The molecular formula is C9H12BrN7. The standard InChI is InChI=1S/C9H12BrN7/c10-7-8(11)13-6-14-9(7)12-2-1-4-17-5-3-15-16-17/h3,5-6H,1-2,4H2,(H3,11,12,13,14). The van der Waals surface area contributed by atoms with Crippen molar-refractivity contribution < 1.29 is 0 Å². The molecule has 0 aliphatic rings. The van der Waals surface area contributed by atoms with Crippen molar-refractivity contribution in [1.82, 2.24) is 25.0 Å². The molecule has 2 heterocycles. The number of hydrogen-bond donors (Lipinski definition) is 2. The van der Waals surface area contributed by atoms with Gasteiger partial charge >= 0.3 is 0 Å². The van der Waals surface area contributed by atoms with Crippen molar-refractivity contribution in [3.05, 3.63) is 23.2 Å². The number of aryl methyl sites for hydroxylation is 1. The lowest BCUT2D eigenvalue weighted by molar-refractivity contribution is 0.569. The van der Waals surface area contributed by atoms with Gasteiger partial charge in [0.15, 0.2) is 0 Å². The van der Waals surface area contributed by atoms with Gasteiger partial charge in [0.1, 0.15) is 22.4 Å². The van der Waals surface area contributed by atoms with Crippen LogP contribution >= 0.6 is 15.9 Å². The lowest BCUT2D eigenvalue weighted by atomic mass is 10.4. The van der Waals surface area contributed by atoms with E-state index in [9.17, 15) is 0 Å². The molecule has 90 valence electrons. The second-order valence-electron chi connectivity index (χ2n) is 3.37. The largest absolute Gasteiger partial charge is 0.383 e. The molecule has 8 heteroatoms. The fourth-order valence-corrected chi connectivity index (χ4v) is 1.65. The van der Waals surface area contributed by atoms with E-state index in [0.29, 0.717) is 16.1 Å². The molecule has 0 amide bonds. The third-order valence-corrected chi connectivity index (χ3v) is 2.93. The van der Waals surface area contributed by atoms with E-state index in [1.807, 2.05) is 6.20 Å². The lowest BCUT2D eigenvalue weighted by Crippen LogP contribution is -2.09. The molecule has 0 aromatic carbocycles. The Morgan fingerprint density at radius 1 is 1.41 bits per heavy atom. The van der Waals surface area contributed by atoms with Gasteiger partial charge in [-0.25, -0.2) is 9.97 Å². The van der Waals surface area contributed by atoms with Crippen molar-refractivity contribution in [2.24, 2.45) is 0 Å². The molecule has 3 N–H and O–H groups in total. The van der Waals surface area contributed by atoms with E-state index >= 15 is 0 Å². The number of rotatable bonds is 5. The van der Waals surface area contributed by atoms with Crippen LogP contribution < -0.4 is 11.1 Å². The normalized spacial score (nSPS) is 10.4. The summed E-state index contributed by atoms with van der Waals surface area (Å²) in [5, 5.41) is 10.8. The predicted octanol–water partition coefficient (Wildman–Crippen LogP) is 0.915. The second kappa shape index (κ2) is 5.58. The quantitative estimate of drug-likeness (QED) is 0.797. The number of nitrogens with two attached hydrogens (primary N) is 1. The van der Waals surface area contributed by atoms with Crippen molar-refractivity contribution in [2.45, 2.75) is 13.0 Å². The molecule has 0 saturated heterocycles. The van der Waals surface area contributed by atoms with Gasteiger partial charge in [0, 0.05) is 19.3 Å². The van der Waals surface area contributed by atoms with Crippen LogP contribution in [0.3, 0.4) is 0 Å². The van der Waals surface area contributed by atoms with Crippen LogP contribution in [0, 0.1) is 0 Å². The zero-order chi connectivity index (χ0) is 12.1. The van der Waals surface area contributed by atoms with Gasteiger partial charge in [-0.2, -0.15) is 0 Å². The Morgan fingerprint density at radius 3 is 3.06 bits per heavy atom. The molecular weight excluding hydrogens is 286 g/mol. The molecule has 0 saturated carbocycles. The first-order chi connectivity index (χ1) is 8.27. The minimum Gasteiger partial charge on any atom is -0.383 e. The summed E-state index contributed by atoms with van der Waals surface area (Å²) in [6.07, 6.45) is 5.84. The van der Waals surface area contributed by atoms with Crippen molar-refractivity contribution in [3.8, 4) is 0 Å². The van der Waals surface area contributed by atoms with Crippen LogP contribution in [0.1, 0.15) is 6.42 Å². The Balaban J connectivity index is 1.80. The summed E-state index contributed by atoms with van der Waals surface area (Å²) >= 11 is 3.33. The van der Waals surface area contributed by atoms with Crippen molar-refractivity contribution in [1.29, 1.82) is 0 Å². The van der Waals surface area contributed by atoms with Gasteiger partial charge in [0.05, 0.1) is 6.20 Å². The van der Waals surface area contributed by atoms with Crippen LogP contribution in [0.15, 0.2) is 23.2 Å². The van der Waals surface area contributed by atoms with E-state index in [4.69, 9.17) is 5.73 Å². The van der Waals surface area contributed by atoms with Crippen LogP contribution in [0.2, 0.25) is 0 Å². The molecule has 0 bridgehead atoms. The number of nitrogens with one attached hydrogen (secondary N) is 1. The highest BCUT2D eigenvalue weighted by Crippen LogP contribution is 2.23. The first-order valence-electron chi connectivity index (χ1n) is 5.11. The molecule has 0 aliphatic heterocycles. The summed E-state index contributed by atoms with van der Waals surface area (Å²) < 4.78 is 2.48. The van der Waals surface area contributed by atoms with Gasteiger partial charge < -0.3 is 11.1 Å². The van der Waals surface area contributed by atoms with Gasteiger partial charge in [-0.15, -0.1) is 5.10 Å². The highest BCUT2D eigenvalue weighted by molar-refractivity contribution is 9.10. The molecule has 0 radical (unpaired) electrons. The van der Waals surface area contributed by atoms with Crippen molar-refractivity contribution in [2.75, 3.05) is 17.6 Å². The number of nitrogens with zero attached hydrogens (tertiary/aromatic N) is 5. The third-order valence-electron chi connectivity index (χ3n) is 2.14. The Kier molecular flexibility index (Phi) is 3.86. The summed E-state index contributed by atoms with van der Waals surface area (Å²) in [6, 6.07) is 0. The lowest BCUT2D eigenvalue weighted by Gasteiger charge is -2.07. The maximum absolute atomic E-state index is 5.64. The molecule has 0 unspecified atom stereocenters. The Morgan fingerprint density at radius 2 is 2.29 bits per heavy atom. The number of hydrogen-bond acceptors (Lipinski definition) is 6. The first kappa shape index (κ1) is 11.8. The molecule has 2 aromatic heterocycles. The Labute approximate surface area is 107 Å². The third kappa shape index (κ3) is 3.13. The molecule has 0 spiro atoms. The number of halogens is 1. The van der Waals surface area contributed by atoms with Gasteiger partial charge in [-0.05, 0) is 22.4 Å². The van der Waals surface area contributed by atoms with Crippen LogP contribution in [0.25, 0.3) is 0 Å². The monoisotopic (exact) mass is 297 g/mol. The van der Waals surface area contributed by atoms with Crippen LogP contribution in [0.4, 0.5) is 11.6 Å². The number of aromatic nitrogens is 5. The minimum atomic E-state index is 0.429. The summed E-state index contributed by atoms with van der Waals surface area (Å²) in [5.74, 6) is 1.13. The maximum atomic E-state index is 5.64. The fraction of sp³-hybridized carbons (Fsp3) is 0.333. The van der Waals surface area contributed by atoms with Gasteiger partial charge in [-0.3, -0.25) is 4.68 Å². The predicted molar refractivity (Wildman–Crippen MR) is 67.3 cm³/mol. The van der Waals surface area contributed by atoms with Gasteiger partial charge in [0.2, 0.25) is 0 Å². The summed E-state index contributed by atoms with van der Waals surface area (Å²) in [5.41, 5.74) is 5.64. The van der Waals surface area contributed by atoms with E-state index in [0.717, 1.165) is 19.5 Å². The summed E-state index contributed by atoms with van der Waals surface area (Å²) in [6.45, 7) is 1.58. The molecule has 17 heavy (non-hydrogen) atoms. The van der Waals surface area contributed by atoms with Crippen molar-refractivity contribution in [3.63, 3.8) is 0 Å². The SMILES string of the molecule is Nc1ncnc(NCCCn2ccnn2)c1Br. The van der Waals surface area contributed by atoms with Crippen LogP contribution in [-0.2, 0) is 6.54 Å². The zero-order valence-electron chi connectivity index (χ0n) is 9.04. The summed E-state index contributed by atoms with van der Waals surface area (Å²) in [4.78, 5) is 7.96. The molecule has 2 aromatic rings. The minimum absolute atomic E-state index is 0.429. The van der Waals surface area contributed by atoms with E-state index in [-0.39, 0.29) is 0 Å². The average Bonchev–Trinajstić information content (AvgIpc) is 2.83. The van der Waals surface area contributed by atoms with E-state index < -0.39 is 0 Å². The van der Waals surface area contributed by atoms with E-state index in [1.165, 1.54) is 6.33 Å². The zero-order valence-corrected chi connectivity index (χ0v) is 10.6. The molecule has 7 nitrogen and oxygen atoms in total. The second-order valence-corrected chi connectivity index (χ2v) is 4.16. The molecule has 0 fully saturated rings. The Hall–Kier alpha value is -1.70. The number of anilines is 2. The molecule has 0 aliphatic carbocycles. The summed E-state index contributed by atoms with van der Waals surface area (Å²) in [7, 11) is 0. The highest BCUT2D eigenvalue weighted by atomic mass is 79.9. The molecule has 2 rings (SSSR count). The van der Waals surface area contributed by atoms with E-state index in [2.05, 4.69) is 41.5 Å². The molecule has 0 atom stereocenters. The highest BCUT2D eigenvalue weighted by Gasteiger charge is 2.04. The van der Waals surface area contributed by atoms with Gasteiger partial charge in [-0.1, -0.05) is 5.21 Å². The Bertz CT molecular complexity index is 470. The average molecular weight is 298 g/mol. The smallest absolute Gasteiger partial charge is 0.145 e.